The molecule has 5 nitrogen and oxygen atoms in total. The zero-order valence-corrected chi connectivity index (χ0v) is 12.2. The fraction of sp³-hybridized carbons (Fsp3) is 1.00. The quantitative estimate of drug-likeness (QED) is 0.577. The van der Waals surface area contributed by atoms with Gasteiger partial charge in [0.25, 0.3) is 0 Å². The predicted octanol–water partition coefficient (Wildman–Crippen LogP) is 0.106. The molecule has 2 unspecified atom stereocenters. The number of piperidine rings is 1. The number of rotatable bonds is 5. The molecule has 1 saturated carbocycles. The van der Waals surface area contributed by atoms with Crippen molar-refractivity contribution in [3.8, 4) is 0 Å². The van der Waals surface area contributed by atoms with Crippen LogP contribution in [0.2, 0.25) is 0 Å². The van der Waals surface area contributed by atoms with Gasteiger partial charge < -0.3 is 20.4 Å². The van der Waals surface area contributed by atoms with Crippen molar-refractivity contribution in [2.75, 3.05) is 19.7 Å². The topological polar surface area (TPSA) is 84.2 Å². The molecular formula is C15H29NO4. The van der Waals surface area contributed by atoms with Gasteiger partial charge in [-0.15, -0.1) is 0 Å². The summed E-state index contributed by atoms with van der Waals surface area (Å²) in [6.07, 6.45) is 5.77. The van der Waals surface area contributed by atoms with E-state index in [0.29, 0.717) is 6.54 Å². The molecule has 1 saturated heterocycles. The van der Waals surface area contributed by atoms with E-state index in [2.05, 4.69) is 0 Å². The molecule has 0 aromatic rings. The fourth-order valence-corrected chi connectivity index (χ4v) is 3.69. The first-order valence-electron chi connectivity index (χ1n) is 8.02. The average molecular weight is 287 g/mol. The monoisotopic (exact) mass is 287 g/mol. The van der Waals surface area contributed by atoms with Crippen LogP contribution in [0.5, 0.6) is 0 Å². The summed E-state index contributed by atoms with van der Waals surface area (Å²) in [7, 11) is 0. The second-order valence-electron chi connectivity index (χ2n) is 6.44. The summed E-state index contributed by atoms with van der Waals surface area (Å²) in [6.45, 7) is 0.908. The van der Waals surface area contributed by atoms with Crippen molar-refractivity contribution in [3.05, 3.63) is 0 Å². The van der Waals surface area contributed by atoms with Crippen molar-refractivity contribution in [3.63, 3.8) is 0 Å². The molecule has 0 amide bonds. The first-order chi connectivity index (χ1) is 9.63. The zero-order valence-electron chi connectivity index (χ0n) is 12.2. The fourth-order valence-electron chi connectivity index (χ4n) is 3.69. The van der Waals surface area contributed by atoms with Gasteiger partial charge in [-0.25, -0.2) is 0 Å². The maximum Gasteiger partial charge on any atom is 0.109 e. The maximum atomic E-state index is 9.91. The van der Waals surface area contributed by atoms with E-state index in [-0.39, 0.29) is 6.61 Å². The number of β-amino-alcohol motifs (C(OH)–C–C–N with tert-alkyl or cyclic N) is 1. The molecule has 0 aromatic heterocycles. The molecule has 0 spiro atoms. The van der Waals surface area contributed by atoms with Crippen molar-refractivity contribution in [1.82, 2.24) is 4.90 Å². The summed E-state index contributed by atoms with van der Waals surface area (Å²) < 4.78 is 0. The molecule has 0 aromatic carbocycles. The molecular weight excluding hydrogens is 258 g/mol. The molecule has 2 fully saturated rings. The lowest BCUT2D eigenvalue weighted by Gasteiger charge is -2.43. The van der Waals surface area contributed by atoms with Crippen LogP contribution in [-0.2, 0) is 0 Å². The van der Waals surface area contributed by atoms with Gasteiger partial charge in [-0.2, -0.15) is 0 Å². The van der Waals surface area contributed by atoms with Gasteiger partial charge in [0.2, 0.25) is 0 Å². The normalized spacial score (nSPS) is 37.2. The molecule has 118 valence electrons. The van der Waals surface area contributed by atoms with E-state index in [1.54, 1.807) is 0 Å². The Balaban J connectivity index is 1.77. The minimum atomic E-state index is -1.15. The molecule has 2 aliphatic rings. The van der Waals surface area contributed by atoms with Crippen LogP contribution in [-0.4, -0.2) is 69.4 Å². The van der Waals surface area contributed by atoms with E-state index in [1.807, 2.05) is 4.90 Å². The minimum Gasteiger partial charge on any atom is -0.395 e. The summed E-state index contributed by atoms with van der Waals surface area (Å²) in [5, 5.41) is 38.7. The summed E-state index contributed by atoms with van der Waals surface area (Å²) in [5.74, 6) is 0.821. The van der Waals surface area contributed by atoms with Gasteiger partial charge in [0.15, 0.2) is 0 Å². The summed E-state index contributed by atoms with van der Waals surface area (Å²) in [5.41, 5.74) is 0. The maximum absolute atomic E-state index is 9.91. The van der Waals surface area contributed by atoms with Crippen molar-refractivity contribution >= 4 is 0 Å². The van der Waals surface area contributed by atoms with Gasteiger partial charge in [0, 0.05) is 6.54 Å². The third-order valence-electron chi connectivity index (χ3n) is 5.00. The average Bonchev–Trinajstić information content (AvgIpc) is 2.46. The van der Waals surface area contributed by atoms with Crippen molar-refractivity contribution in [1.29, 1.82) is 0 Å². The molecule has 0 bridgehead atoms. The molecule has 1 aliphatic heterocycles. The lowest BCUT2D eigenvalue weighted by molar-refractivity contribution is -0.145. The first-order valence-corrected chi connectivity index (χ1v) is 8.02. The predicted molar refractivity (Wildman–Crippen MR) is 76.3 cm³/mol. The highest BCUT2D eigenvalue weighted by Gasteiger charge is 2.40. The Morgan fingerprint density at radius 1 is 0.950 bits per heavy atom. The van der Waals surface area contributed by atoms with Gasteiger partial charge >= 0.3 is 0 Å². The van der Waals surface area contributed by atoms with Crippen LogP contribution in [0.25, 0.3) is 0 Å². The Labute approximate surface area is 121 Å². The number of aliphatic hydroxyl groups is 4. The number of hydrogen-bond donors (Lipinski definition) is 4. The van der Waals surface area contributed by atoms with Crippen LogP contribution in [0.15, 0.2) is 0 Å². The highest BCUT2D eigenvalue weighted by Crippen LogP contribution is 2.28. The standard InChI is InChI=1S/C15H29NO4/c17-10-12-14(19)15(20)13(18)9-16(12)8-4-7-11-5-2-1-3-6-11/h11-15,17-20H,1-10H2/t12?,13-,14-,15?/m1/s1. The molecule has 4 atom stereocenters. The van der Waals surface area contributed by atoms with E-state index in [4.69, 9.17) is 0 Å². The number of nitrogens with zero attached hydrogens (tertiary/aromatic N) is 1. The van der Waals surface area contributed by atoms with Crippen molar-refractivity contribution < 1.29 is 20.4 Å². The van der Waals surface area contributed by atoms with E-state index in [1.165, 1.54) is 38.5 Å². The lowest BCUT2D eigenvalue weighted by Crippen LogP contribution is -2.62. The largest absolute Gasteiger partial charge is 0.395 e. The van der Waals surface area contributed by atoms with Gasteiger partial charge in [0.05, 0.1) is 18.8 Å². The lowest BCUT2D eigenvalue weighted by atomic mass is 9.86. The number of likely N-dealkylation sites (tertiary alicyclic amines) is 1. The van der Waals surface area contributed by atoms with E-state index in [0.717, 1.165) is 18.9 Å². The minimum absolute atomic E-state index is 0.186. The van der Waals surface area contributed by atoms with E-state index in [9.17, 15) is 20.4 Å². The summed E-state index contributed by atoms with van der Waals surface area (Å²) in [4.78, 5) is 1.92. The number of aliphatic hydroxyl groups excluding tert-OH is 4. The SMILES string of the molecule is OCC1[C@@H](O)C(O)[C@H](O)CN1CCCC1CCCCC1. The van der Waals surface area contributed by atoms with Gasteiger partial charge in [-0.3, -0.25) is 4.90 Å². The third kappa shape index (κ3) is 3.92. The van der Waals surface area contributed by atoms with Crippen LogP contribution in [0.3, 0.4) is 0 Å². The molecule has 1 heterocycles. The third-order valence-corrected chi connectivity index (χ3v) is 5.00. The van der Waals surface area contributed by atoms with E-state index >= 15 is 0 Å². The Bertz CT molecular complexity index is 283. The van der Waals surface area contributed by atoms with Crippen LogP contribution in [0, 0.1) is 5.92 Å². The smallest absolute Gasteiger partial charge is 0.109 e. The van der Waals surface area contributed by atoms with Crippen LogP contribution in [0.4, 0.5) is 0 Å². The van der Waals surface area contributed by atoms with Crippen molar-refractivity contribution in [2.24, 2.45) is 5.92 Å². The summed E-state index contributed by atoms with van der Waals surface area (Å²) in [6, 6.07) is -0.459. The highest BCUT2D eigenvalue weighted by molar-refractivity contribution is 4.94. The second-order valence-corrected chi connectivity index (χ2v) is 6.44. The Morgan fingerprint density at radius 2 is 1.65 bits per heavy atom. The Morgan fingerprint density at radius 3 is 2.30 bits per heavy atom. The van der Waals surface area contributed by atoms with Crippen LogP contribution < -0.4 is 0 Å². The van der Waals surface area contributed by atoms with Gasteiger partial charge in [-0.1, -0.05) is 32.1 Å². The van der Waals surface area contributed by atoms with Crippen LogP contribution >= 0.6 is 0 Å². The molecule has 5 heteroatoms. The second kappa shape index (κ2) is 7.71. The van der Waals surface area contributed by atoms with Crippen LogP contribution in [0.1, 0.15) is 44.9 Å². The molecule has 1 aliphatic carbocycles. The van der Waals surface area contributed by atoms with Crippen molar-refractivity contribution in [2.45, 2.75) is 69.3 Å². The molecule has 2 rings (SSSR count). The number of hydrogen-bond acceptors (Lipinski definition) is 5. The molecule has 0 radical (unpaired) electrons. The van der Waals surface area contributed by atoms with E-state index < -0.39 is 24.4 Å². The molecule has 4 N–H and O–H groups in total. The van der Waals surface area contributed by atoms with Gasteiger partial charge in [-0.05, 0) is 25.3 Å². The molecule has 20 heavy (non-hydrogen) atoms. The Kier molecular flexibility index (Phi) is 6.23. The first kappa shape index (κ1) is 16.2. The zero-order chi connectivity index (χ0) is 14.5. The highest BCUT2D eigenvalue weighted by atomic mass is 16.4. The summed E-state index contributed by atoms with van der Waals surface area (Å²) >= 11 is 0. The van der Waals surface area contributed by atoms with Gasteiger partial charge in [0.1, 0.15) is 12.2 Å². The Hall–Kier alpha value is -0.200.